The Bertz CT molecular complexity index is 440. The molecule has 20 heavy (non-hydrogen) atoms. The van der Waals surface area contributed by atoms with Crippen LogP contribution in [-0.4, -0.2) is 38.7 Å². The van der Waals surface area contributed by atoms with Crippen LogP contribution < -0.4 is 5.32 Å². The van der Waals surface area contributed by atoms with Gasteiger partial charge in [-0.15, -0.1) is 12.6 Å². The van der Waals surface area contributed by atoms with Crippen molar-refractivity contribution in [2.45, 2.75) is 63.9 Å². The Morgan fingerprint density at radius 1 is 1.30 bits per heavy atom. The molecule has 1 saturated heterocycles. The highest BCUT2D eigenvalue weighted by Crippen LogP contribution is 2.30. The normalized spacial score (nSPS) is 28.4. The third-order valence-corrected chi connectivity index (χ3v) is 3.90. The lowest BCUT2D eigenvalue weighted by Crippen LogP contribution is -2.69. The van der Waals surface area contributed by atoms with E-state index in [-0.39, 0.29) is 18.1 Å². The van der Waals surface area contributed by atoms with Crippen molar-refractivity contribution in [2.75, 3.05) is 0 Å². The van der Waals surface area contributed by atoms with Crippen molar-refractivity contribution < 1.29 is 9.59 Å². The van der Waals surface area contributed by atoms with Gasteiger partial charge < -0.3 is 5.32 Å². The first-order chi connectivity index (χ1) is 9.33. The number of hydrogen-bond acceptors (Lipinski definition) is 4. The summed E-state index contributed by atoms with van der Waals surface area (Å²) < 4.78 is 0. The first kappa shape index (κ1) is 15.2. The fourth-order valence-electron chi connectivity index (χ4n) is 2.69. The van der Waals surface area contributed by atoms with Gasteiger partial charge >= 0.3 is 12.1 Å². The Balaban J connectivity index is 2.27. The summed E-state index contributed by atoms with van der Waals surface area (Å²) in [5, 5.41) is 8.21. The van der Waals surface area contributed by atoms with Crippen molar-refractivity contribution in [3.63, 3.8) is 0 Å². The zero-order chi connectivity index (χ0) is 14.9. The molecule has 1 saturated carbocycles. The molecule has 7 heteroatoms. The number of amides is 4. The molecule has 0 radical (unpaired) electrons. The molecule has 1 unspecified atom stereocenters. The number of nitrogens with one attached hydrogen (secondary N) is 1. The fraction of sp³-hybridized carbons (Fsp3) is 0.769. The number of rotatable bonds is 2. The topological polar surface area (TPSA) is 65.0 Å². The zero-order valence-electron chi connectivity index (χ0n) is 12.2. The van der Waals surface area contributed by atoms with E-state index in [9.17, 15) is 9.59 Å². The summed E-state index contributed by atoms with van der Waals surface area (Å²) in [6.45, 7) is 5.26. The van der Waals surface area contributed by atoms with Crippen LogP contribution in [0.25, 0.3) is 0 Å². The lowest BCUT2D eigenvalue weighted by molar-refractivity contribution is 0.0780. The Morgan fingerprint density at radius 3 is 2.45 bits per heavy atom. The third-order valence-electron chi connectivity index (χ3n) is 3.60. The molecular formula is C13H22N4O2S. The number of carbonyl (C=O) groups excluding carboxylic acids is 2. The summed E-state index contributed by atoms with van der Waals surface area (Å²) in [5.74, 6) is 0. The van der Waals surface area contributed by atoms with E-state index in [2.05, 4.69) is 23.0 Å². The second-order valence-corrected chi connectivity index (χ2v) is 6.63. The van der Waals surface area contributed by atoms with E-state index < -0.39 is 4.99 Å². The molecule has 0 aromatic heterocycles. The first-order valence-corrected chi connectivity index (χ1v) is 7.47. The van der Waals surface area contributed by atoms with Gasteiger partial charge in [0.25, 0.3) is 0 Å². The molecule has 0 spiro atoms. The van der Waals surface area contributed by atoms with Crippen LogP contribution in [0.15, 0.2) is 5.10 Å². The minimum atomic E-state index is -1.10. The van der Waals surface area contributed by atoms with Gasteiger partial charge in [-0.1, -0.05) is 19.3 Å². The molecule has 4 amide bonds. The molecule has 1 N–H and O–H groups in total. The number of hydrogen-bond donors (Lipinski definition) is 2. The number of urea groups is 2. The van der Waals surface area contributed by atoms with Crippen molar-refractivity contribution >= 4 is 30.4 Å². The summed E-state index contributed by atoms with van der Waals surface area (Å²) in [7, 11) is 0. The van der Waals surface area contributed by atoms with E-state index in [1.165, 1.54) is 16.3 Å². The second kappa shape index (κ2) is 5.63. The number of nitrogens with zero attached hydrogens (tertiary/aromatic N) is 3. The SMILES string of the molecule is CC(C)=NN1C(=O)N(C2CCCCC2)C(=O)NC1(C)S. The molecular weight excluding hydrogens is 276 g/mol. The van der Waals surface area contributed by atoms with Crippen molar-refractivity contribution in [3.05, 3.63) is 0 Å². The molecule has 112 valence electrons. The summed E-state index contributed by atoms with van der Waals surface area (Å²) in [6, 6.07) is -0.797. The van der Waals surface area contributed by atoms with E-state index in [1.54, 1.807) is 20.8 Å². The van der Waals surface area contributed by atoms with E-state index in [0.717, 1.165) is 31.4 Å². The van der Waals surface area contributed by atoms with Crippen molar-refractivity contribution in [2.24, 2.45) is 5.10 Å². The van der Waals surface area contributed by atoms with Gasteiger partial charge in [0.1, 0.15) is 0 Å². The number of thiol groups is 1. The molecule has 1 heterocycles. The Kier molecular flexibility index (Phi) is 4.27. The number of carbonyl (C=O) groups is 2. The monoisotopic (exact) mass is 298 g/mol. The predicted molar refractivity (Wildman–Crippen MR) is 80.7 cm³/mol. The average Bonchev–Trinajstić information content (AvgIpc) is 2.35. The van der Waals surface area contributed by atoms with E-state index in [4.69, 9.17) is 0 Å². The maximum absolute atomic E-state index is 12.6. The van der Waals surface area contributed by atoms with Crippen molar-refractivity contribution in [1.82, 2.24) is 15.2 Å². The molecule has 0 aromatic carbocycles. The van der Waals surface area contributed by atoms with Gasteiger partial charge in [0, 0.05) is 11.8 Å². The minimum absolute atomic E-state index is 0.0319. The predicted octanol–water partition coefficient (Wildman–Crippen LogP) is 2.77. The van der Waals surface area contributed by atoms with Crippen LogP contribution in [0.1, 0.15) is 52.9 Å². The minimum Gasteiger partial charge on any atom is -0.305 e. The molecule has 1 aliphatic heterocycles. The third kappa shape index (κ3) is 2.92. The van der Waals surface area contributed by atoms with Gasteiger partial charge in [0.05, 0.1) is 0 Å². The maximum atomic E-state index is 12.6. The Labute approximate surface area is 125 Å². The highest BCUT2D eigenvalue weighted by molar-refractivity contribution is 7.81. The van der Waals surface area contributed by atoms with Crippen molar-refractivity contribution in [3.8, 4) is 0 Å². The Morgan fingerprint density at radius 2 is 1.90 bits per heavy atom. The molecule has 2 rings (SSSR count). The highest BCUT2D eigenvalue weighted by Gasteiger charge is 2.47. The highest BCUT2D eigenvalue weighted by atomic mass is 32.1. The molecule has 1 aliphatic carbocycles. The molecule has 1 atom stereocenters. The smallest absolute Gasteiger partial charge is 0.305 e. The van der Waals surface area contributed by atoms with Gasteiger partial charge in [-0.3, -0.25) is 0 Å². The fourth-order valence-corrected chi connectivity index (χ4v) is 2.92. The standard InChI is InChI=1S/C13H22N4O2S/c1-9(2)15-17-12(19)16(10-7-5-4-6-8-10)11(18)14-13(17,3)20/h10,20H,4-8H2,1-3H3,(H,14,18). The van der Waals surface area contributed by atoms with E-state index in [0.29, 0.717) is 0 Å². The Hall–Kier alpha value is -1.24. The lowest BCUT2D eigenvalue weighted by atomic mass is 9.94. The van der Waals surface area contributed by atoms with Crippen molar-refractivity contribution in [1.29, 1.82) is 0 Å². The summed E-state index contributed by atoms with van der Waals surface area (Å²) in [4.78, 5) is 25.1. The molecule has 0 aromatic rings. The average molecular weight is 298 g/mol. The molecule has 2 aliphatic rings. The van der Waals surface area contributed by atoms with Gasteiger partial charge in [0.2, 0.25) is 0 Å². The summed E-state index contributed by atoms with van der Waals surface area (Å²) in [5.41, 5.74) is 0.735. The molecule has 6 nitrogen and oxygen atoms in total. The number of hydrazone groups is 1. The van der Waals surface area contributed by atoms with E-state index >= 15 is 0 Å². The molecule has 0 bridgehead atoms. The largest absolute Gasteiger partial charge is 0.351 e. The van der Waals surface area contributed by atoms with Crippen LogP contribution >= 0.6 is 12.6 Å². The van der Waals surface area contributed by atoms with Crippen LogP contribution in [0.4, 0.5) is 9.59 Å². The van der Waals surface area contributed by atoms with E-state index in [1.807, 2.05) is 0 Å². The van der Waals surface area contributed by atoms with Gasteiger partial charge in [-0.2, -0.15) is 10.1 Å². The van der Waals surface area contributed by atoms with Crippen LogP contribution in [0, 0.1) is 0 Å². The number of imide groups is 1. The lowest BCUT2D eigenvalue weighted by Gasteiger charge is -2.45. The second-order valence-electron chi connectivity index (χ2n) is 5.75. The van der Waals surface area contributed by atoms with Crippen LogP contribution in [0.2, 0.25) is 0 Å². The van der Waals surface area contributed by atoms with Crippen LogP contribution in [-0.2, 0) is 0 Å². The van der Waals surface area contributed by atoms with Crippen LogP contribution in [0.3, 0.4) is 0 Å². The zero-order valence-corrected chi connectivity index (χ0v) is 13.1. The molecule has 2 fully saturated rings. The van der Waals surface area contributed by atoms with Crippen LogP contribution in [0.5, 0.6) is 0 Å². The summed E-state index contributed by atoms with van der Waals surface area (Å²) >= 11 is 4.35. The van der Waals surface area contributed by atoms with Gasteiger partial charge in [-0.05, 0) is 33.6 Å². The first-order valence-electron chi connectivity index (χ1n) is 7.02. The summed E-state index contributed by atoms with van der Waals surface area (Å²) in [6.07, 6.45) is 5.00. The quantitative estimate of drug-likeness (QED) is 0.608. The van der Waals surface area contributed by atoms with Gasteiger partial charge in [0.15, 0.2) is 4.99 Å². The maximum Gasteiger partial charge on any atom is 0.351 e. The van der Waals surface area contributed by atoms with Gasteiger partial charge in [-0.25, -0.2) is 14.5 Å².